The molecule has 0 aromatic heterocycles. The van der Waals surface area contributed by atoms with Crippen LogP contribution < -0.4 is 0 Å². The summed E-state index contributed by atoms with van der Waals surface area (Å²) in [5, 5.41) is 12.8. The number of likely N-dealkylation sites (tertiary alicyclic amines) is 1. The average molecular weight is 498 g/mol. The smallest absolute Gasteiger partial charge is 0.423 e. The van der Waals surface area contributed by atoms with E-state index in [4.69, 9.17) is 0 Å². The van der Waals surface area contributed by atoms with Crippen LogP contribution >= 0.6 is 0 Å². The number of ketones is 2. The summed E-state index contributed by atoms with van der Waals surface area (Å²) in [6.07, 6.45) is 2.41. The number of methoxy groups -OCH3 is 1. The first-order valence-electron chi connectivity index (χ1n) is 12.1. The fourth-order valence-corrected chi connectivity index (χ4v) is 6.51. The van der Waals surface area contributed by atoms with E-state index >= 15 is 0 Å². The maximum Gasteiger partial charge on any atom is 0.423 e. The topological polar surface area (TPSA) is 118 Å². The predicted octanol–water partition coefficient (Wildman–Crippen LogP) is 3.74. The molecule has 0 saturated carbocycles. The number of carbonyl (C=O) groups excluding carboxylic acids is 5. The van der Waals surface area contributed by atoms with Gasteiger partial charge in [-0.05, 0) is 37.1 Å². The molecule has 4 aliphatic rings. The summed E-state index contributed by atoms with van der Waals surface area (Å²) < 4.78 is 4.67. The van der Waals surface area contributed by atoms with Crippen LogP contribution in [0.4, 0.5) is 4.79 Å². The van der Waals surface area contributed by atoms with Crippen LogP contribution in [0.1, 0.15) is 31.2 Å². The normalized spacial score (nSPS) is 27.0. The highest BCUT2D eigenvalue weighted by Crippen LogP contribution is 2.56. The van der Waals surface area contributed by atoms with Crippen molar-refractivity contribution >= 4 is 40.2 Å². The molecule has 3 aliphatic carbocycles. The fraction of sp³-hybridized carbons (Fsp3) is 0.276. The Hall–Kier alpha value is -4.33. The SMILES string of the molecule is COC(=O)N1C(=O)[C@H]2[C@H](CC=C3[C@H](c4ccc5ccccc5c4O)C4=C(C[C@H]32)C(=O)C(C)=CC4=O)C1=O. The summed E-state index contributed by atoms with van der Waals surface area (Å²) in [6, 6.07) is 10.9. The maximum absolute atomic E-state index is 13.4. The Morgan fingerprint density at radius 2 is 1.78 bits per heavy atom. The number of hydrogen-bond acceptors (Lipinski definition) is 7. The van der Waals surface area contributed by atoms with Crippen molar-refractivity contribution in [3.8, 4) is 5.75 Å². The number of ether oxygens (including phenoxy) is 1. The molecule has 0 bridgehead atoms. The monoisotopic (exact) mass is 497 g/mol. The van der Waals surface area contributed by atoms with Gasteiger partial charge < -0.3 is 9.84 Å². The van der Waals surface area contributed by atoms with Crippen molar-refractivity contribution in [1.29, 1.82) is 0 Å². The lowest BCUT2D eigenvalue weighted by atomic mass is 9.59. The van der Waals surface area contributed by atoms with Crippen LogP contribution in [0.3, 0.4) is 0 Å². The lowest BCUT2D eigenvalue weighted by Crippen LogP contribution is -2.40. The Balaban J connectivity index is 1.56. The van der Waals surface area contributed by atoms with E-state index in [-0.39, 0.29) is 30.2 Å². The molecule has 1 fully saturated rings. The minimum absolute atomic E-state index is 0.00448. The minimum Gasteiger partial charge on any atom is -0.507 e. The van der Waals surface area contributed by atoms with Gasteiger partial charge in [-0.15, -0.1) is 0 Å². The van der Waals surface area contributed by atoms with Gasteiger partial charge in [-0.25, -0.2) is 4.79 Å². The number of fused-ring (bicyclic) bond motifs is 4. The zero-order valence-electron chi connectivity index (χ0n) is 20.2. The van der Waals surface area contributed by atoms with Gasteiger partial charge in [0.25, 0.3) is 0 Å². The number of carbonyl (C=O) groups is 5. The summed E-state index contributed by atoms with van der Waals surface area (Å²) in [5.74, 6) is -4.89. The number of benzene rings is 2. The molecular formula is C29H23NO7. The predicted molar refractivity (Wildman–Crippen MR) is 131 cm³/mol. The second-order valence-corrected chi connectivity index (χ2v) is 9.94. The highest BCUT2D eigenvalue weighted by Gasteiger charge is 2.58. The van der Waals surface area contributed by atoms with Crippen molar-refractivity contribution in [2.24, 2.45) is 17.8 Å². The van der Waals surface area contributed by atoms with E-state index in [0.29, 0.717) is 38.1 Å². The Labute approximate surface area is 211 Å². The van der Waals surface area contributed by atoms with Crippen LogP contribution in [0.5, 0.6) is 5.75 Å². The number of aromatic hydroxyl groups is 1. The molecule has 1 N–H and O–H groups in total. The number of amides is 3. The van der Waals surface area contributed by atoms with Crippen molar-refractivity contribution in [3.05, 3.63) is 76.4 Å². The van der Waals surface area contributed by atoms with Crippen LogP contribution in [0.25, 0.3) is 10.8 Å². The Kier molecular flexibility index (Phi) is 5.05. The minimum atomic E-state index is -1.03. The van der Waals surface area contributed by atoms with Gasteiger partial charge in [0.1, 0.15) is 5.75 Å². The summed E-state index contributed by atoms with van der Waals surface area (Å²) in [4.78, 5) is 65.9. The van der Waals surface area contributed by atoms with Gasteiger partial charge in [0.2, 0.25) is 11.8 Å². The Bertz CT molecular complexity index is 1560. The van der Waals surface area contributed by atoms with Crippen molar-refractivity contribution < 1.29 is 33.8 Å². The number of Topliss-reactive ketones (excluding diaryl/α,β-unsaturated/α-hetero) is 1. The van der Waals surface area contributed by atoms with Gasteiger partial charge in [-0.3, -0.25) is 19.2 Å². The second kappa shape index (κ2) is 8.09. The molecular weight excluding hydrogens is 474 g/mol. The van der Waals surface area contributed by atoms with Gasteiger partial charge in [-0.1, -0.05) is 48.0 Å². The highest BCUT2D eigenvalue weighted by atomic mass is 16.5. The summed E-state index contributed by atoms with van der Waals surface area (Å²) >= 11 is 0. The first-order chi connectivity index (χ1) is 17.7. The van der Waals surface area contributed by atoms with E-state index in [1.165, 1.54) is 6.08 Å². The third-order valence-corrected chi connectivity index (χ3v) is 8.16. The molecule has 4 atom stereocenters. The van der Waals surface area contributed by atoms with Crippen LogP contribution in [-0.2, 0) is 23.9 Å². The summed E-state index contributed by atoms with van der Waals surface area (Å²) in [6.45, 7) is 1.57. The molecule has 1 aliphatic heterocycles. The van der Waals surface area contributed by atoms with Crippen molar-refractivity contribution in [3.63, 3.8) is 0 Å². The highest BCUT2D eigenvalue weighted by molar-refractivity contribution is 6.24. The molecule has 186 valence electrons. The molecule has 8 heteroatoms. The van der Waals surface area contributed by atoms with Gasteiger partial charge in [0.15, 0.2) is 11.6 Å². The number of hydrogen-bond donors (Lipinski definition) is 1. The molecule has 0 spiro atoms. The largest absolute Gasteiger partial charge is 0.507 e. The van der Waals surface area contributed by atoms with Crippen LogP contribution in [0, 0.1) is 17.8 Å². The molecule has 37 heavy (non-hydrogen) atoms. The fourth-order valence-electron chi connectivity index (χ4n) is 6.51. The first kappa shape index (κ1) is 23.1. The molecule has 0 radical (unpaired) electrons. The number of phenolic OH excluding ortho intramolecular Hbond substituents is 1. The van der Waals surface area contributed by atoms with E-state index in [0.717, 1.165) is 12.5 Å². The zero-order chi connectivity index (χ0) is 26.2. The zero-order valence-corrected chi connectivity index (χ0v) is 20.2. The van der Waals surface area contributed by atoms with Crippen molar-refractivity contribution in [1.82, 2.24) is 4.90 Å². The number of phenols is 1. The van der Waals surface area contributed by atoms with Crippen molar-refractivity contribution in [2.75, 3.05) is 7.11 Å². The van der Waals surface area contributed by atoms with E-state index in [1.54, 1.807) is 25.1 Å². The maximum atomic E-state index is 13.4. The standard InChI is InChI=1S/C29H23NO7/c1-13-11-21(31)24-20(25(13)32)12-19-16(9-10-18-23(19)28(35)30(27(18)34)29(36)37-2)22(24)17-8-7-14-5-3-4-6-15(14)26(17)33/h3-9,11,18-19,22-23,33H,10,12H2,1-2H3/t18-,19+,22+,23-/m0/s1. The van der Waals surface area contributed by atoms with Crippen LogP contribution in [0.2, 0.25) is 0 Å². The number of rotatable bonds is 1. The molecule has 2 aromatic rings. The summed E-state index contributed by atoms with van der Waals surface area (Å²) in [5.41, 5.74) is 2.05. The molecule has 2 aromatic carbocycles. The molecule has 1 saturated heterocycles. The molecule has 0 unspecified atom stereocenters. The lowest BCUT2D eigenvalue weighted by Gasteiger charge is -2.42. The quantitative estimate of drug-likeness (QED) is 0.362. The van der Waals surface area contributed by atoms with Crippen LogP contribution in [-0.4, -0.2) is 46.6 Å². The van der Waals surface area contributed by atoms with Crippen LogP contribution in [0.15, 0.2) is 70.8 Å². The Morgan fingerprint density at radius 1 is 1.03 bits per heavy atom. The second-order valence-electron chi connectivity index (χ2n) is 9.94. The number of imide groups is 3. The van der Waals surface area contributed by atoms with Crippen molar-refractivity contribution in [2.45, 2.75) is 25.7 Å². The van der Waals surface area contributed by atoms with Gasteiger partial charge in [0, 0.05) is 33.6 Å². The average Bonchev–Trinajstić information content (AvgIpc) is 3.16. The van der Waals surface area contributed by atoms with Gasteiger partial charge in [-0.2, -0.15) is 4.90 Å². The van der Waals surface area contributed by atoms with E-state index in [2.05, 4.69) is 4.74 Å². The lowest BCUT2D eigenvalue weighted by molar-refractivity contribution is -0.137. The number of allylic oxidation sites excluding steroid dienone is 6. The molecule has 6 rings (SSSR count). The first-order valence-corrected chi connectivity index (χ1v) is 12.1. The van der Waals surface area contributed by atoms with E-state index in [1.807, 2.05) is 24.3 Å². The van der Waals surface area contributed by atoms with Gasteiger partial charge in [0.05, 0.1) is 18.9 Å². The Morgan fingerprint density at radius 3 is 2.54 bits per heavy atom. The molecule has 3 amide bonds. The molecule has 1 heterocycles. The summed E-state index contributed by atoms with van der Waals surface area (Å²) in [7, 11) is 1.10. The molecule has 8 nitrogen and oxygen atoms in total. The van der Waals surface area contributed by atoms with E-state index in [9.17, 15) is 29.1 Å². The number of nitrogens with zero attached hydrogens (tertiary/aromatic N) is 1. The van der Waals surface area contributed by atoms with Gasteiger partial charge >= 0.3 is 6.09 Å². The van der Waals surface area contributed by atoms with E-state index < -0.39 is 41.6 Å². The third kappa shape index (κ3) is 3.11. The third-order valence-electron chi connectivity index (χ3n) is 8.16.